The summed E-state index contributed by atoms with van der Waals surface area (Å²) in [6, 6.07) is 1.68. The van der Waals surface area contributed by atoms with E-state index in [1.165, 1.54) is 6.20 Å². The van der Waals surface area contributed by atoms with Crippen molar-refractivity contribution in [3.8, 4) is 6.07 Å². The topological polar surface area (TPSA) is 86.2 Å². The number of fused-ring (bicyclic) bond motifs is 2. The highest BCUT2D eigenvalue weighted by Gasteiger charge is 2.54. The Morgan fingerprint density at radius 2 is 2.33 bits per heavy atom. The fourth-order valence-corrected chi connectivity index (χ4v) is 4.59. The summed E-state index contributed by atoms with van der Waals surface area (Å²) in [6.07, 6.45) is 6.67. The second kappa shape index (κ2) is 5.45. The van der Waals surface area contributed by atoms with Gasteiger partial charge >= 0.3 is 0 Å². The Labute approximate surface area is 140 Å². The fraction of sp³-hybridized carbons (Fsp3) is 0.611. The number of carbonyl (C=O) groups is 1. The molecular formula is C18H21N3O3. The first kappa shape index (κ1) is 15.4. The van der Waals surface area contributed by atoms with E-state index < -0.39 is 5.41 Å². The van der Waals surface area contributed by atoms with Crippen LogP contribution in [-0.2, 0) is 9.53 Å². The summed E-state index contributed by atoms with van der Waals surface area (Å²) in [5.74, 6) is 0.457. The van der Waals surface area contributed by atoms with Crippen LogP contribution in [0, 0.1) is 22.7 Å². The lowest BCUT2D eigenvalue weighted by Gasteiger charge is -2.33. The van der Waals surface area contributed by atoms with Crippen molar-refractivity contribution in [3.63, 3.8) is 0 Å². The summed E-state index contributed by atoms with van der Waals surface area (Å²) < 4.78 is 5.71. The summed E-state index contributed by atoms with van der Waals surface area (Å²) in [5, 5.41) is 9.10. The van der Waals surface area contributed by atoms with Gasteiger partial charge in [-0.3, -0.25) is 9.59 Å². The third-order valence-electron chi connectivity index (χ3n) is 5.84. The third-order valence-corrected chi connectivity index (χ3v) is 5.84. The number of nitrogens with one attached hydrogen (secondary N) is 1. The van der Waals surface area contributed by atoms with Gasteiger partial charge in [-0.1, -0.05) is 6.92 Å². The van der Waals surface area contributed by atoms with Crippen molar-refractivity contribution in [1.29, 1.82) is 5.26 Å². The minimum atomic E-state index is -0.396. The highest BCUT2D eigenvalue weighted by Crippen LogP contribution is 2.49. The van der Waals surface area contributed by atoms with Gasteiger partial charge in [-0.15, -0.1) is 0 Å². The number of hydrogen-bond acceptors (Lipinski definition) is 4. The molecule has 1 N–H and O–H groups in total. The van der Waals surface area contributed by atoms with Crippen LogP contribution in [0.1, 0.15) is 49.8 Å². The van der Waals surface area contributed by atoms with E-state index in [1.54, 1.807) is 6.20 Å². The molecule has 3 aliphatic rings. The number of ether oxygens (including phenoxy) is 1. The zero-order valence-electron chi connectivity index (χ0n) is 13.7. The quantitative estimate of drug-likeness (QED) is 0.896. The van der Waals surface area contributed by atoms with Gasteiger partial charge < -0.3 is 14.6 Å². The standard InChI is InChI=1S/C18H21N3O3/c1-11-4-15(14-8-20-7-12(6-19)16(14)22)21(9-11)17(23)18-3-2-13(5-18)24-10-18/h7-8,11,13,15H,2-5,9-10H2,1H3,(H,20,22)/t11-,13?,15+,18?/m1/s1. The van der Waals surface area contributed by atoms with Gasteiger partial charge in [-0.25, -0.2) is 0 Å². The number of pyridine rings is 1. The Morgan fingerprint density at radius 3 is 2.96 bits per heavy atom. The molecule has 4 rings (SSSR count). The molecule has 2 bridgehead atoms. The van der Waals surface area contributed by atoms with Crippen LogP contribution in [0.4, 0.5) is 0 Å². The molecule has 2 aliphatic heterocycles. The summed E-state index contributed by atoms with van der Waals surface area (Å²) in [7, 11) is 0. The molecule has 3 heterocycles. The van der Waals surface area contributed by atoms with Crippen molar-refractivity contribution in [1.82, 2.24) is 9.88 Å². The molecule has 24 heavy (non-hydrogen) atoms. The van der Waals surface area contributed by atoms with Gasteiger partial charge in [0.25, 0.3) is 0 Å². The molecule has 1 aromatic heterocycles. The molecule has 6 heteroatoms. The van der Waals surface area contributed by atoms with E-state index in [0.717, 1.165) is 25.7 Å². The Morgan fingerprint density at radius 1 is 1.50 bits per heavy atom. The predicted molar refractivity (Wildman–Crippen MR) is 86.0 cm³/mol. The van der Waals surface area contributed by atoms with Crippen LogP contribution in [0.25, 0.3) is 0 Å². The second-order valence-corrected chi connectivity index (χ2v) is 7.54. The smallest absolute Gasteiger partial charge is 0.231 e. The van der Waals surface area contributed by atoms with Gasteiger partial charge in [0.15, 0.2) is 0 Å². The zero-order valence-corrected chi connectivity index (χ0v) is 13.7. The van der Waals surface area contributed by atoms with Gasteiger partial charge in [-0.05, 0) is 31.6 Å². The maximum atomic E-state index is 13.3. The van der Waals surface area contributed by atoms with Crippen molar-refractivity contribution in [2.45, 2.75) is 44.8 Å². The molecule has 1 aromatic rings. The highest BCUT2D eigenvalue weighted by molar-refractivity contribution is 5.84. The van der Waals surface area contributed by atoms with Crippen LogP contribution in [0.15, 0.2) is 17.2 Å². The van der Waals surface area contributed by atoms with Gasteiger partial charge in [-0.2, -0.15) is 5.26 Å². The van der Waals surface area contributed by atoms with E-state index in [-0.39, 0.29) is 29.0 Å². The third kappa shape index (κ3) is 2.19. The van der Waals surface area contributed by atoms with Crippen LogP contribution >= 0.6 is 0 Å². The number of H-pyrrole nitrogens is 1. The molecule has 1 amide bonds. The molecule has 0 aromatic carbocycles. The molecule has 2 unspecified atom stereocenters. The van der Waals surface area contributed by atoms with Gasteiger partial charge in [0.2, 0.25) is 11.3 Å². The summed E-state index contributed by atoms with van der Waals surface area (Å²) >= 11 is 0. The van der Waals surface area contributed by atoms with Crippen LogP contribution < -0.4 is 5.43 Å². The SMILES string of the molecule is C[C@@H]1C[C@@H](c2c[nH]cc(C#N)c2=O)N(C(=O)C23CCC(C2)OC3)C1. The fourth-order valence-electron chi connectivity index (χ4n) is 4.59. The number of aromatic amines is 1. The maximum absolute atomic E-state index is 13.3. The van der Waals surface area contributed by atoms with Crippen LogP contribution in [-0.4, -0.2) is 35.0 Å². The number of rotatable bonds is 2. The molecule has 3 fully saturated rings. The number of nitriles is 1. The highest BCUT2D eigenvalue weighted by atomic mass is 16.5. The molecule has 1 aliphatic carbocycles. The summed E-state index contributed by atoms with van der Waals surface area (Å²) in [5.41, 5.74) is -0.0379. The van der Waals surface area contributed by atoms with Gasteiger partial charge in [0, 0.05) is 24.5 Å². The monoisotopic (exact) mass is 327 g/mol. The normalized spacial score (nSPS) is 34.5. The largest absolute Gasteiger partial charge is 0.377 e. The Balaban J connectivity index is 1.69. The van der Waals surface area contributed by atoms with Crippen molar-refractivity contribution < 1.29 is 9.53 Å². The Hall–Kier alpha value is -2.13. The average molecular weight is 327 g/mol. The first-order valence-electron chi connectivity index (χ1n) is 8.58. The molecule has 0 spiro atoms. The zero-order chi connectivity index (χ0) is 16.9. The minimum Gasteiger partial charge on any atom is -0.377 e. The molecule has 1 saturated carbocycles. The number of carbonyl (C=O) groups excluding carboxylic acids is 1. The van der Waals surface area contributed by atoms with Crippen LogP contribution in [0.3, 0.4) is 0 Å². The maximum Gasteiger partial charge on any atom is 0.231 e. The lowest BCUT2D eigenvalue weighted by Crippen LogP contribution is -2.44. The van der Waals surface area contributed by atoms with Gasteiger partial charge in [0.05, 0.1) is 24.2 Å². The molecule has 6 nitrogen and oxygen atoms in total. The predicted octanol–water partition coefficient (Wildman–Crippen LogP) is 1.73. The second-order valence-electron chi connectivity index (χ2n) is 7.54. The first-order chi connectivity index (χ1) is 11.5. The van der Waals surface area contributed by atoms with Crippen LogP contribution in [0.2, 0.25) is 0 Å². The number of hydrogen-bond donors (Lipinski definition) is 1. The van der Waals surface area contributed by atoms with E-state index in [2.05, 4.69) is 11.9 Å². The average Bonchev–Trinajstić information content (AvgIpc) is 3.29. The van der Waals surface area contributed by atoms with Gasteiger partial charge in [0.1, 0.15) is 11.6 Å². The number of aromatic nitrogens is 1. The van der Waals surface area contributed by atoms with Crippen molar-refractivity contribution in [2.75, 3.05) is 13.2 Å². The molecular weight excluding hydrogens is 306 g/mol. The lowest BCUT2D eigenvalue weighted by atomic mass is 9.86. The minimum absolute atomic E-state index is 0.0998. The number of amides is 1. The van der Waals surface area contributed by atoms with E-state index in [0.29, 0.717) is 24.6 Å². The van der Waals surface area contributed by atoms with E-state index in [4.69, 9.17) is 10.00 Å². The van der Waals surface area contributed by atoms with E-state index >= 15 is 0 Å². The van der Waals surface area contributed by atoms with Crippen molar-refractivity contribution >= 4 is 5.91 Å². The number of nitrogens with zero attached hydrogens (tertiary/aromatic N) is 2. The first-order valence-corrected chi connectivity index (χ1v) is 8.58. The molecule has 2 saturated heterocycles. The Kier molecular flexibility index (Phi) is 3.50. The number of likely N-dealkylation sites (tertiary alicyclic amines) is 1. The van der Waals surface area contributed by atoms with Crippen LogP contribution in [0.5, 0.6) is 0 Å². The summed E-state index contributed by atoms with van der Waals surface area (Å²) in [6.45, 7) is 3.26. The molecule has 4 atom stereocenters. The van der Waals surface area contributed by atoms with E-state index in [1.807, 2.05) is 11.0 Å². The van der Waals surface area contributed by atoms with E-state index in [9.17, 15) is 9.59 Å². The van der Waals surface area contributed by atoms with Crippen molar-refractivity contribution in [3.05, 3.63) is 33.7 Å². The van der Waals surface area contributed by atoms with Crippen molar-refractivity contribution in [2.24, 2.45) is 11.3 Å². The summed E-state index contributed by atoms with van der Waals surface area (Å²) in [4.78, 5) is 30.6. The lowest BCUT2D eigenvalue weighted by molar-refractivity contribution is -0.144. The molecule has 0 radical (unpaired) electrons. The Bertz CT molecular complexity index is 770. The molecule has 126 valence electrons.